The summed E-state index contributed by atoms with van der Waals surface area (Å²) in [6, 6.07) is 2.02. The number of rotatable bonds is 5. The predicted octanol–water partition coefficient (Wildman–Crippen LogP) is 2.29. The number of nitrogens with one attached hydrogen (secondary N) is 1. The lowest BCUT2D eigenvalue weighted by atomic mass is 9.93. The number of hydrogen-bond acceptors (Lipinski definition) is 4. The predicted molar refractivity (Wildman–Crippen MR) is 67.4 cm³/mol. The van der Waals surface area contributed by atoms with Crippen LogP contribution in [0.1, 0.15) is 25.7 Å². The van der Waals surface area contributed by atoms with Gasteiger partial charge < -0.3 is 10.1 Å². The third-order valence-electron chi connectivity index (χ3n) is 3.05. The molecular formula is C12H18ClN3O. The Hall–Kier alpha value is -0.870. The van der Waals surface area contributed by atoms with Gasteiger partial charge in [-0.15, -0.1) is 0 Å². The molecule has 0 aromatic carbocycles. The van der Waals surface area contributed by atoms with Crippen molar-refractivity contribution in [3.05, 3.63) is 17.4 Å². The Kier molecular flexibility index (Phi) is 5.01. The summed E-state index contributed by atoms with van der Waals surface area (Å²) in [5.74, 6) is 0.847. The first-order valence-electron chi connectivity index (χ1n) is 6.16. The summed E-state index contributed by atoms with van der Waals surface area (Å²) in [5.41, 5.74) is 0. The van der Waals surface area contributed by atoms with E-state index in [0.29, 0.717) is 17.8 Å². The fraction of sp³-hybridized carbons (Fsp3) is 0.667. The number of hydrogen-bond donors (Lipinski definition) is 1. The van der Waals surface area contributed by atoms with Gasteiger partial charge in [0.15, 0.2) is 0 Å². The summed E-state index contributed by atoms with van der Waals surface area (Å²) >= 11 is 5.74. The Bertz CT molecular complexity index is 342. The number of piperidine rings is 1. The molecule has 1 aliphatic rings. The molecule has 0 unspecified atom stereocenters. The van der Waals surface area contributed by atoms with Crippen LogP contribution in [0.25, 0.3) is 0 Å². The maximum Gasteiger partial charge on any atom is 0.317 e. The second-order valence-electron chi connectivity index (χ2n) is 4.35. The molecule has 0 aliphatic carbocycles. The molecule has 0 atom stereocenters. The number of aromatic nitrogens is 2. The van der Waals surface area contributed by atoms with Gasteiger partial charge in [0.05, 0.1) is 6.61 Å². The molecule has 5 heteroatoms. The van der Waals surface area contributed by atoms with Crippen molar-refractivity contribution in [3.63, 3.8) is 0 Å². The van der Waals surface area contributed by atoms with Gasteiger partial charge in [-0.25, -0.2) is 4.98 Å². The summed E-state index contributed by atoms with van der Waals surface area (Å²) in [5, 5.41) is 3.80. The molecule has 0 radical (unpaired) electrons. The molecule has 1 aromatic heterocycles. The van der Waals surface area contributed by atoms with Crippen LogP contribution in [0.3, 0.4) is 0 Å². The van der Waals surface area contributed by atoms with Crippen LogP contribution in [0.2, 0.25) is 5.15 Å². The number of nitrogens with zero attached hydrogens (tertiary/aromatic N) is 2. The standard InChI is InChI=1S/C12H18ClN3O/c13-11-5-8-15-12(16-11)17-9-1-2-10-3-6-14-7-4-10/h5,8,10,14H,1-4,6-7,9H2. The highest BCUT2D eigenvalue weighted by atomic mass is 35.5. The molecule has 0 spiro atoms. The monoisotopic (exact) mass is 255 g/mol. The van der Waals surface area contributed by atoms with Gasteiger partial charge in [-0.2, -0.15) is 4.98 Å². The smallest absolute Gasteiger partial charge is 0.317 e. The fourth-order valence-electron chi connectivity index (χ4n) is 2.10. The van der Waals surface area contributed by atoms with Gasteiger partial charge in [-0.3, -0.25) is 0 Å². The lowest BCUT2D eigenvalue weighted by molar-refractivity contribution is 0.258. The normalized spacial score (nSPS) is 17.0. The van der Waals surface area contributed by atoms with E-state index < -0.39 is 0 Å². The first kappa shape index (κ1) is 12.6. The summed E-state index contributed by atoms with van der Waals surface area (Å²) in [6.07, 6.45) is 6.46. The van der Waals surface area contributed by atoms with Crippen molar-refractivity contribution in [2.24, 2.45) is 5.92 Å². The van der Waals surface area contributed by atoms with Gasteiger partial charge in [-0.1, -0.05) is 11.6 Å². The molecule has 1 saturated heterocycles. The van der Waals surface area contributed by atoms with E-state index in [1.165, 1.54) is 19.3 Å². The lowest BCUT2D eigenvalue weighted by Crippen LogP contribution is -2.27. The minimum absolute atomic E-state index is 0.378. The number of halogens is 1. The average Bonchev–Trinajstić information content (AvgIpc) is 2.36. The zero-order valence-corrected chi connectivity index (χ0v) is 10.6. The van der Waals surface area contributed by atoms with Crippen molar-refractivity contribution in [3.8, 4) is 6.01 Å². The Balaban J connectivity index is 1.62. The maximum absolute atomic E-state index is 5.74. The fourth-order valence-corrected chi connectivity index (χ4v) is 2.22. The largest absolute Gasteiger partial charge is 0.463 e. The van der Waals surface area contributed by atoms with E-state index in [1.807, 2.05) is 0 Å². The first-order valence-corrected chi connectivity index (χ1v) is 6.54. The van der Waals surface area contributed by atoms with E-state index in [9.17, 15) is 0 Å². The van der Waals surface area contributed by atoms with E-state index in [2.05, 4.69) is 15.3 Å². The quantitative estimate of drug-likeness (QED) is 0.648. The van der Waals surface area contributed by atoms with Gasteiger partial charge in [-0.05, 0) is 50.8 Å². The van der Waals surface area contributed by atoms with Gasteiger partial charge >= 0.3 is 6.01 Å². The molecule has 2 heterocycles. The van der Waals surface area contributed by atoms with Crippen molar-refractivity contribution in [2.45, 2.75) is 25.7 Å². The molecule has 1 fully saturated rings. The summed E-state index contributed by atoms with van der Waals surface area (Å²) in [7, 11) is 0. The molecular weight excluding hydrogens is 238 g/mol. The van der Waals surface area contributed by atoms with Crippen LogP contribution < -0.4 is 10.1 Å². The second-order valence-corrected chi connectivity index (χ2v) is 4.73. The topological polar surface area (TPSA) is 47.0 Å². The van der Waals surface area contributed by atoms with Crippen LogP contribution >= 0.6 is 11.6 Å². The minimum atomic E-state index is 0.378. The third-order valence-corrected chi connectivity index (χ3v) is 3.26. The van der Waals surface area contributed by atoms with Gasteiger partial charge in [0.2, 0.25) is 0 Å². The van der Waals surface area contributed by atoms with Crippen LogP contribution in [-0.4, -0.2) is 29.7 Å². The molecule has 2 rings (SSSR count). The van der Waals surface area contributed by atoms with Crippen LogP contribution in [-0.2, 0) is 0 Å². The van der Waals surface area contributed by atoms with Crippen LogP contribution in [0.5, 0.6) is 6.01 Å². The summed E-state index contributed by atoms with van der Waals surface area (Å²) in [4.78, 5) is 7.98. The maximum atomic E-state index is 5.74. The minimum Gasteiger partial charge on any atom is -0.463 e. The Morgan fingerprint density at radius 2 is 2.24 bits per heavy atom. The van der Waals surface area contributed by atoms with E-state index in [1.54, 1.807) is 12.3 Å². The second kappa shape index (κ2) is 6.77. The zero-order valence-electron chi connectivity index (χ0n) is 9.86. The average molecular weight is 256 g/mol. The zero-order chi connectivity index (χ0) is 11.9. The van der Waals surface area contributed by atoms with Crippen molar-refractivity contribution in [1.82, 2.24) is 15.3 Å². The van der Waals surface area contributed by atoms with Crippen molar-refractivity contribution in [2.75, 3.05) is 19.7 Å². The summed E-state index contributed by atoms with van der Waals surface area (Å²) < 4.78 is 5.46. The third kappa shape index (κ3) is 4.48. The molecule has 4 nitrogen and oxygen atoms in total. The molecule has 1 aliphatic heterocycles. The SMILES string of the molecule is Clc1ccnc(OCCCC2CCNCC2)n1. The number of ether oxygens (including phenoxy) is 1. The molecule has 94 valence electrons. The Labute approximate surface area is 107 Å². The highest BCUT2D eigenvalue weighted by Gasteiger charge is 2.12. The highest BCUT2D eigenvalue weighted by Crippen LogP contribution is 2.17. The molecule has 0 saturated carbocycles. The molecule has 17 heavy (non-hydrogen) atoms. The molecule has 0 amide bonds. The molecule has 0 bridgehead atoms. The van der Waals surface area contributed by atoms with Gasteiger partial charge in [0.25, 0.3) is 0 Å². The van der Waals surface area contributed by atoms with Crippen molar-refractivity contribution >= 4 is 11.6 Å². The Morgan fingerprint density at radius 1 is 1.41 bits per heavy atom. The molecule has 1 N–H and O–H groups in total. The highest BCUT2D eigenvalue weighted by molar-refractivity contribution is 6.29. The Morgan fingerprint density at radius 3 is 3.00 bits per heavy atom. The first-order chi connectivity index (χ1) is 8.34. The van der Waals surface area contributed by atoms with Crippen molar-refractivity contribution in [1.29, 1.82) is 0 Å². The van der Waals surface area contributed by atoms with Crippen molar-refractivity contribution < 1.29 is 4.74 Å². The van der Waals surface area contributed by atoms with E-state index in [0.717, 1.165) is 25.4 Å². The molecule has 1 aromatic rings. The van der Waals surface area contributed by atoms with Crippen LogP contribution in [0, 0.1) is 5.92 Å². The summed E-state index contributed by atoms with van der Waals surface area (Å²) in [6.45, 7) is 2.98. The van der Waals surface area contributed by atoms with Gasteiger partial charge in [0.1, 0.15) is 5.15 Å². The van der Waals surface area contributed by atoms with Crippen LogP contribution in [0.15, 0.2) is 12.3 Å². The van der Waals surface area contributed by atoms with Crippen LogP contribution in [0.4, 0.5) is 0 Å². The van der Waals surface area contributed by atoms with E-state index >= 15 is 0 Å². The lowest BCUT2D eigenvalue weighted by Gasteiger charge is -2.22. The van der Waals surface area contributed by atoms with Gasteiger partial charge in [0, 0.05) is 6.20 Å². The van der Waals surface area contributed by atoms with E-state index in [-0.39, 0.29) is 0 Å². The van der Waals surface area contributed by atoms with E-state index in [4.69, 9.17) is 16.3 Å².